The lowest BCUT2D eigenvalue weighted by atomic mass is 10.0. The van der Waals surface area contributed by atoms with Gasteiger partial charge >= 0.3 is 6.18 Å². The highest BCUT2D eigenvalue weighted by atomic mass is 19.4. The number of nitrogens with one attached hydrogen (secondary N) is 1. The highest BCUT2D eigenvalue weighted by Gasteiger charge is 2.34. The molecule has 1 N–H and O–H groups in total. The lowest BCUT2D eigenvalue weighted by molar-refractivity contribution is -0.138. The zero-order valence-corrected chi connectivity index (χ0v) is 13.7. The van der Waals surface area contributed by atoms with Crippen LogP contribution in [0.4, 0.5) is 18.9 Å². The molecule has 0 bridgehead atoms. The van der Waals surface area contributed by atoms with Crippen LogP contribution in [-0.4, -0.2) is 7.05 Å². The topological polar surface area (TPSA) is 21.3 Å². The van der Waals surface area contributed by atoms with Gasteiger partial charge in [0.05, 0.1) is 5.56 Å². The van der Waals surface area contributed by atoms with Gasteiger partial charge in [0.2, 0.25) is 0 Å². The molecule has 1 fully saturated rings. The van der Waals surface area contributed by atoms with Crippen molar-refractivity contribution in [2.75, 3.05) is 12.4 Å². The average molecular weight is 335 g/mol. The van der Waals surface area contributed by atoms with Gasteiger partial charge < -0.3 is 10.1 Å². The van der Waals surface area contributed by atoms with E-state index in [-0.39, 0.29) is 12.2 Å². The molecule has 3 rings (SSSR count). The fourth-order valence-electron chi connectivity index (χ4n) is 2.90. The number of alkyl halides is 3. The van der Waals surface area contributed by atoms with Crippen LogP contribution in [0.25, 0.3) is 0 Å². The van der Waals surface area contributed by atoms with Crippen molar-refractivity contribution >= 4 is 5.69 Å². The van der Waals surface area contributed by atoms with E-state index in [9.17, 15) is 13.2 Å². The van der Waals surface area contributed by atoms with Gasteiger partial charge in [-0.05, 0) is 49.4 Å². The second-order valence-electron chi connectivity index (χ2n) is 6.18. The monoisotopic (exact) mass is 335 g/mol. The van der Waals surface area contributed by atoms with E-state index in [1.165, 1.54) is 6.07 Å². The van der Waals surface area contributed by atoms with E-state index >= 15 is 0 Å². The molecule has 0 spiro atoms. The normalized spacial score (nSPS) is 14.5. The summed E-state index contributed by atoms with van der Waals surface area (Å²) >= 11 is 0. The minimum absolute atomic E-state index is 0.116. The molecule has 0 amide bonds. The SMILES string of the molecule is CNc1cccc(C(F)(F)F)c1COc1ccc(C)cc1C1CC1. The van der Waals surface area contributed by atoms with E-state index in [4.69, 9.17) is 4.74 Å². The molecule has 2 aromatic carbocycles. The number of hydrogen-bond acceptors (Lipinski definition) is 2. The third-order valence-electron chi connectivity index (χ3n) is 4.31. The van der Waals surface area contributed by atoms with E-state index in [0.717, 1.165) is 30.0 Å². The Kier molecular flexibility index (Phi) is 4.43. The van der Waals surface area contributed by atoms with Crippen molar-refractivity contribution in [3.05, 3.63) is 58.7 Å². The third-order valence-corrected chi connectivity index (χ3v) is 4.31. The Morgan fingerprint density at radius 3 is 2.54 bits per heavy atom. The molecule has 2 nitrogen and oxygen atoms in total. The summed E-state index contributed by atoms with van der Waals surface area (Å²) in [5.74, 6) is 1.16. The van der Waals surface area contributed by atoms with E-state index in [1.54, 1.807) is 13.1 Å². The quantitative estimate of drug-likeness (QED) is 0.778. The van der Waals surface area contributed by atoms with Crippen LogP contribution in [-0.2, 0) is 12.8 Å². The Hall–Kier alpha value is -2.17. The lowest BCUT2D eigenvalue weighted by Crippen LogP contribution is -2.13. The highest BCUT2D eigenvalue weighted by Crippen LogP contribution is 2.45. The van der Waals surface area contributed by atoms with Crippen molar-refractivity contribution < 1.29 is 17.9 Å². The maximum Gasteiger partial charge on any atom is 0.416 e. The first-order chi connectivity index (χ1) is 11.4. The number of anilines is 1. The zero-order valence-electron chi connectivity index (χ0n) is 13.7. The van der Waals surface area contributed by atoms with Gasteiger partial charge in [-0.15, -0.1) is 0 Å². The molecule has 1 saturated carbocycles. The van der Waals surface area contributed by atoms with E-state index < -0.39 is 11.7 Å². The summed E-state index contributed by atoms with van der Waals surface area (Å²) in [7, 11) is 1.61. The van der Waals surface area contributed by atoms with Crippen molar-refractivity contribution in [2.24, 2.45) is 0 Å². The molecule has 0 aliphatic heterocycles. The minimum Gasteiger partial charge on any atom is -0.489 e. The van der Waals surface area contributed by atoms with Crippen LogP contribution in [0, 0.1) is 6.92 Å². The maximum atomic E-state index is 13.3. The number of benzene rings is 2. The molecule has 24 heavy (non-hydrogen) atoms. The number of hydrogen-bond donors (Lipinski definition) is 1. The molecule has 0 atom stereocenters. The fourth-order valence-corrected chi connectivity index (χ4v) is 2.90. The average Bonchev–Trinajstić information content (AvgIpc) is 3.37. The van der Waals surface area contributed by atoms with Crippen molar-refractivity contribution in [2.45, 2.75) is 38.5 Å². The van der Waals surface area contributed by atoms with Gasteiger partial charge in [0, 0.05) is 18.3 Å². The van der Waals surface area contributed by atoms with Crippen molar-refractivity contribution in [1.82, 2.24) is 0 Å². The number of rotatable bonds is 5. The van der Waals surface area contributed by atoms with Crippen LogP contribution in [0.5, 0.6) is 5.75 Å². The van der Waals surface area contributed by atoms with Crippen LogP contribution in [0.1, 0.15) is 41.0 Å². The van der Waals surface area contributed by atoms with Gasteiger partial charge in [0.15, 0.2) is 0 Å². The summed E-state index contributed by atoms with van der Waals surface area (Å²) in [6.45, 7) is 1.89. The summed E-state index contributed by atoms with van der Waals surface area (Å²) in [6, 6.07) is 9.98. The van der Waals surface area contributed by atoms with Gasteiger partial charge in [-0.25, -0.2) is 0 Å². The summed E-state index contributed by atoms with van der Waals surface area (Å²) in [4.78, 5) is 0. The summed E-state index contributed by atoms with van der Waals surface area (Å²) in [5.41, 5.74) is 2.15. The molecular formula is C19H20F3NO. The molecule has 0 radical (unpaired) electrons. The Morgan fingerprint density at radius 1 is 1.17 bits per heavy atom. The molecule has 0 aromatic heterocycles. The van der Waals surface area contributed by atoms with Crippen LogP contribution < -0.4 is 10.1 Å². The molecular weight excluding hydrogens is 315 g/mol. The first-order valence-corrected chi connectivity index (χ1v) is 8.00. The minimum atomic E-state index is -4.40. The van der Waals surface area contributed by atoms with Crippen LogP contribution in [0.2, 0.25) is 0 Å². The first-order valence-electron chi connectivity index (χ1n) is 8.00. The number of halogens is 3. The lowest BCUT2D eigenvalue weighted by Gasteiger charge is -2.18. The Labute approximate surface area is 139 Å². The van der Waals surface area contributed by atoms with Crippen LogP contribution in [0.3, 0.4) is 0 Å². The van der Waals surface area contributed by atoms with E-state index in [1.807, 2.05) is 19.1 Å². The first kappa shape index (κ1) is 16.7. The van der Waals surface area contributed by atoms with E-state index in [0.29, 0.717) is 17.4 Å². The summed E-state index contributed by atoms with van der Waals surface area (Å²) in [6.07, 6.45) is -2.18. The second-order valence-corrected chi connectivity index (χ2v) is 6.18. The maximum absolute atomic E-state index is 13.3. The Balaban J connectivity index is 1.90. The standard InChI is InChI=1S/C19H20F3NO/c1-12-6-9-18(14(10-12)13-7-8-13)24-11-15-16(19(20,21)22)4-3-5-17(15)23-2/h3-6,9-10,13,23H,7-8,11H2,1-2H3. The van der Waals surface area contributed by atoms with Gasteiger partial charge in [-0.1, -0.05) is 23.8 Å². The zero-order chi connectivity index (χ0) is 17.3. The molecule has 5 heteroatoms. The van der Waals surface area contributed by atoms with Crippen LogP contribution in [0.15, 0.2) is 36.4 Å². The summed E-state index contributed by atoms with van der Waals surface area (Å²) < 4.78 is 45.7. The summed E-state index contributed by atoms with van der Waals surface area (Å²) in [5, 5.41) is 2.82. The Bertz CT molecular complexity index is 736. The van der Waals surface area contributed by atoms with Gasteiger partial charge in [0.1, 0.15) is 12.4 Å². The predicted octanol–water partition coefficient (Wildman–Crippen LogP) is 5.51. The molecule has 0 saturated heterocycles. The number of aryl methyl sites for hydroxylation is 1. The molecule has 2 aromatic rings. The largest absolute Gasteiger partial charge is 0.489 e. The molecule has 1 aliphatic rings. The number of ether oxygens (including phenoxy) is 1. The Morgan fingerprint density at radius 2 is 1.92 bits per heavy atom. The molecule has 1 aliphatic carbocycles. The van der Waals surface area contributed by atoms with Gasteiger partial charge in [-0.3, -0.25) is 0 Å². The molecule has 0 unspecified atom stereocenters. The third kappa shape index (κ3) is 3.50. The van der Waals surface area contributed by atoms with E-state index in [2.05, 4.69) is 11.4 Å². The van der Waals surface area contributed by atoms with Gasteiger partial charge in [-0.2, -0.15) is 13.2 Å². The molecule has 128 valence electrons. The van der Waals surface area contributed by atoms with Crippen molar-refractivity contribution in [1.29, 1.82) is 0 Å². The van der Waals surface area contributed by atoms with Gasteiger partial charge in [0.25, 0.3) is 0 Å². The fraction of sp³-hybridized carbons (Fsp3) is 0.368. The molecule has 0 heterocycles. The van der Waals surface area contributed by atoms with Crippen LogP contribution >= 0.6 is 0 Å². The smallest absolute Gasteiger partial charge is 0.416 e. The van der Waals surface area contributed by atoms with Crippen molar-refractivity contribution in [3.63, 3.8) is 0 Å². The van der Waals surface area contributed by atoms with Crippen molar-refractivity contribution in [3.8, 4) is 5.75 Å². The highest BCUT2D eigenvalue weighted by molar-refractivity contribution is 5.55. The predicted molar refractivity (Wildman–Crippen MR) is 88.5 cm³/mol. The second kappa shape index (κ2) is 6.38.